The molecule has 0 spiro atoms. The quantitative estimate of drug-likeness (QED) is 0.760. The molecule has 5 heteroatoms. The van der Waals surface area contributed by atoms with E-state index in [-0.39, 0.29) is 5.91 Å². The summed E-state index contributed by atoms with van der Waals surface area (Å²) in [6.45, 7) is 7.63. The third-order valence-electron chi connectivity index (χ3n) is 3.31. The van der Waals surface area contributed by atoms with E-state index >= 15 is 0 Å². The van der Waals surface area contributed by atoms with Gasteiger partial charge in [0, 0.05) is 12.7 Å². The van der Waals surface area contributed by atoms with Crippen molar-refractivity contribution in [2.24, 2.45) is 0 Å². The number of carbonyl (C=O) groups is 2. The predicted octanol–water partition coefficient (Wildman–Crippen LogP) is 2.82. The summed E-state index contributed by atoms with van der Waals surface area (Å²) in [6.07, 6.45) is 0.434. The van der Waals surface area contributed by atoms with E-state index < -0.39 is 12.0 Å². The number of rotatable bonds is 7. The molecule has 116 valence electrons. The number of thioether (sulfide) groups is 1. The smallest absolute Gasteiger partial charge is 0.326 e. The number of amides is 1. The summed E-state index contributed by atoms with van der Waals surface area (Å²) >= 11 is 1.70. The standard InChI is InChI=1S/C16H23NO3S/c1-10-7-11(2)14(12(3)8-10)9-21-6-5-15(16(19)20)17-13(4)18/h7-8,15H,5-6,9H2,1-4H3,(H,17,18)(H,19,20). The molecule has 1 atom stereocenters. The van der Waals surface area contributed by atoms with Gasteiger partial charge in [-0.3, -0.25) is 4.79 Å². The van der Waals surface area contributed by atoms with Crippen molar-refractivity contribution in [3.8, 4) is 0 Å². The molecular formula is C16H23NO3S. The minimum atomic E-state index is -0.978. The van der Waals surface area contributed by atoms with Crippen molar-refractivity contribution in [1.29, 1.82) is 0 Å². The van der Waals surface area contributed by atoms with Crippen LogP contribution >= 0.6 is 11.8 Å². The summed E-state index contributed by atoms with van der Waals surface area (Å²) in [4.78, 5) is 22.0. The topological polar surface area (TPSA) is 66.4 Å². The van der Waals surface area contributed by atoms with Crippen LogP contribution in [-0.4, -0.2) is 28.8 Å². The maximum absolute atomic E-state index is 11.0. The summed E-state index contributed by atoms with van der Waals surface area (Å²) in [5.74, 6) is 0.278. The van der Waals surface area contributed by atoms with Crippen molar-refractivity contribution in [2.45, 2.75) is 45.9 Å². The van der Waals surface area contributed by atoms with E-state index in [4.69, 9.17) is 5.11 Å². The van der Waals surface area contributed by atoms with E-state index in [9.17, 15) is 9.59 Å². The fraction of sp³-hybridized carbons (Fsp3) is 0.500. The Bertz CT molecular complexity index is 505. The number of carboxylic acid groups (broad SMARTS) is 1. The summed E-state index contributed by atoms with van der Waals surface area (Å²) in [5.41, 5.74) is 5.13. The number of aliphatic carboxylic acids is 1. The Morgan fingerprint density at radius 2 is 1.81 bits per heavy atom. The summed E-state index contributed by atoms with van der Waals surface area (Å²) in [7, 11) is 0. The van der Waals surface area contributed by atoms with E-state index in [1.165, 1.54) is 29.2 Å². The third kappa shape index (κ3) is 5.79. The monoisotopic (exact) mass is 309 g/mol. The van der Waals surface area contributed by atoms with E-state index in [1.54, 1.807) is 11.8 Å². The highest BCUT2D eigenvalue weighted by Crippen LogP contribution is 2.22. The first kappa shape index (κ1) is 17.6. The second-order valence-electron chi connectivity index (χ2n) is 5.31. The highest BCUT2D eigenvalue weighted by atomic mass is 32.2. The van der Waals surface area contributed by atoms with Gasteiger partial charge in [0.2, 0.25) is 5.91 Å². The van der Waals surface area contributed by atoms with Crippen LogP contribution in [0.1, 0.15) is 35.6 Å². The number of hydrogen-bond donors (Lipinski definition) is 2. The zero-order chi connectivity index (χ0) is 16.0. The van der Waals surface area contributed by atoms with Gasteiger partial charge >= 0.3 is 5.97 Å². The molecule has 0 bridgehead atoms. The van der Waals surface area contributed by atoms with Crippen molar-refractivity contribution >= 4 is 23.6 Å². The lowest BCUT2D eigenvalue weighted by Crippen LogP contribution is -2.39. The van der Waals surface area contributed by atoms with Gasteiger partial charge in [-0.25, -0.2) is 4.79 Å². The fourth-order valence-corrected chi connectivity index (χ4v) is 3.52. The van der Waals surface area contributed by atoms with Crippen LogP contribution in [0.15, 0.2) is 12.1 Å². The molecule has 21 heavy (non-hydrogen) atoms. The van der Waals surface area contributed by atoms with Gasteiger partial charge in [-0.15, -0.1) is 0 Å². The highest BCUT2D eigenvalue weighted by molar-refractivity contribution is 7.98. The van der Waals surface area contributed by atoms with E-state index in [0.717, 1.165) is 5.75 Å². The summed E-state index contributed by atoms with van der Waals surface area (Å²) in [5, 5.41) is 11.5. The Hall–Kier alpha value is -1.49. The summed E-state index contributed by atoms with van der Waals surface area (Å²) < 4.78 is 0. The lowest BCUT2D eigenvalue weighted by Gasteiger charge is -2.14. The minimum absolute atomic E-state index is 0.308. The number of hydrogen-bond acceptors (Lipinski definition) is 3. The van der Waals surface area contributed by atoms with Crippen LogP contribution in [0.4, 0.5) is 0 Å². The highest BCUT2D eigenvalue weighted by Gasteiger charge is 2.17. The average molecular weight is 309 g/mol. The zero-order valence-corrected chi connectivity index (χ0v) is 13.8. The largest absolute Gasteiger partial charge is 0.480 e. The molecule has 1 rings (SSSR count). The van der Waals surface area contributed by atoms with E-state index in [1.807, 2.05) is 0 Å². The Kier molecular flexibility index (Phi) is 6.75. The van der Waals surface area contributed by atoms with Crippen molar-refractivity contribution in [1.82, 2.24) is 5.32 Å². The van der Waals surface area contributed by atoms with Crippen molar-refractivity contribution in [3.63, 3.8) is 0 Å². The molecule has 0 saturated heterocycles. The normalized spacial score (nSPS) is 12.0. The minimum Gasteiger partial charge on any atom is -0.480 e. The third-order valence-corrected chi connectivity index (χ3v) is 4.33. The maximum Gasteiger partial charge on any atom is 0.326 e. The van der Waals surface area contributed by atoms with Gasteiger partial charge in [0.25, 0.3) is 0 Å². The predicted molar refractivity (Wildman–Crippen MR) is 86.7 cm³/mol. The van der Waals surface area contributed by atoms with Gasteiger partial charge in [0.1, 0.15) is 6.04 Å². The molecule has 0 saturated carbocycles. The van der Waals surface area contributed by atoms with Crippen LogP contribution in [0.3, 0.4) is 0 Å². The zero-order valence-electron chi connectivity index (χ0n) is 13.0. The average Bonchev–Trinajstić information content (AvgIpc) is 2.34. The molecule has 1 amide bonds. The van der Waals surface area contributed by atoms with Crippen LogP contribution in [0.2, 0.25) is 0 Å². The van der Waals surface area contributed by atoms with Crippen molar-refractivity contribution in [3.05, 3.63) is 34.4 Å². The molecule has 0 aliphatic carbocycles. The molecule has 1 aromatic rings. The van der Waals surface area contributed by atoms with Crippen LogP contribution in [0.25, 0.3) is 0 Å². The molecule has 0 aliphatic heterocycles. The van der Waals surface area contributed by atoms with Gasteiger partial charge in [-0.05, 0) is 49.6 Å². The molecule has 1 aromatic carbocycles. The van der Waals surface area contributed by atoms with Crippen LogP contribution < -0.4 is 5.32 Å². The Morgan fingerprint density at radius 1 is 1.24 bits per heavy atom. The number of benzene rings is 1. The van der Waals surface area contributed by atoms with E-state index in [0.29, 0.717) is 12.2 Å². The maximum atomic E-state index is 11.0. The van der Waals surface area contributed by atoms with Gasteiger partial charge in [0.15, 0.2) is 0 Å². The first-order chi connectivity index (χ1) is 9.81. The SMILES string of the molecule is CC(=O)NC(CCSCc1c(C)cc(C)cc1C)C(=O)O. The molecule has 4 nitrogen and oxygen atoms in total. The molecule has 0 radical (unpaired) electrons. The molecule has 2 N–H and O–H groups in total. The molecule has 0 aliphatic rings. The lowest BCUT2D eigenvalue weighted by molar-refractivity contribution is -0.141. The molecular weight excluding hydrogens is 286 g/mol. The van der Waals surface area contributed by atoms with Crippen molar-refractivity contribution < 1.29 is 14.7 Å². The van der Waals surface area contributed by atoms with Gasteiger partial charge in [0.05, 0.1) is 0 Å². The van der Waals surface area contributed by atoms with Gasteiger partial charge in [-0.2, -0.15) is 11.8 Å². The number of carboxylic acids is 1. The Labute approximate surface area is 130 Å². The van der Waals surface area contributed by atoms with E-state index in [2.05, 4.69) is 38.2 Å². The molecule has 0 aromatic heterocycles. The second kappa shape index (κ2) is 8.08. The number of aryl methyl sites for hydroxylation is 3. The molecule has 1 unspecified atom stereocenters. The van der Waals surface area contributed by atoms with Crippen molar-refractivity contribution in [2.75, 3.05) is 5.75 Å². The van der Waals surface area contributed by atoms with Gasteiger partial charge in [-0.1, -0.05) is 17.7 Å². The molecule has 0 fully saturated rings. The molecule has 0 heterocycles. The first-order valence-corrected chi connectivity index (χ1v) is 8.11. The van der Waals surface area contributed by atoms with Crippen LogP contribution in [0.5, 0.6) is 0 Å². The first-order valence-electron chi connectivity index (χ1n) is 6.95. The lowest BCUT2D eigenvalue weighted by atomic mass is 10.0. The Balaban J connectivity index is 2.50. The summed E-state index contributed by atoms with van der Waals surface area (Å²) in [6, 6.07) is 3.54. The van der Waals surface area contributed by atoms with Crippen LogP contribution in [-0.2, 0) is 15.3 Å². The second-order valence-corrected chi connectivity index (χ2v) is 6.42. The number of carbonyl (C=O) groups excluding carboxylic acids is 1. The Morgan fingerprint density at radius 3 is 2.29 bits per heavy atom. The fourth-order valence-electron chi connectivity index (χ4n) is 2.32. The van der Waals surface area contributed by atoms with Gasteiger partial charge < -0.3 is 10.4 Å². The number of nitrogens with one attached hydrogen (secondary N) is 1. The van der Waals surface area contributed by atoms with Crippen LogP contribution in [0, 0.1) is 20.8 Å².